The number of hydrogen-bond donors (Lipinski definition) is 1. The predicted molar refractivity (Wildman–Crippen MR) is 87.0 cm³/mol. The van der Waals surface area contributed by atoms with Crippen molar-refractivity contribution in [3.8, 4) is 0 Å². The van der Waals surface area contributed by atoms with Gasteiger partial charge in [0.1, 0.15) is 9.75 Å². The van der Waals surface area contributed by atoms with E-state index < -0.39 is 9.75 Å². The van der Waals surface area contributed by atoms with E-state index in [4.69, 9.17) is 23.2 Å². The van der Waals surface area contributed by atoms with Crippen molar-refractivity contribution in [1.29, 1.82) is 0 Å². The molecule has 1 saturated carbocycles. The van der Waals surface area contributed by atoms with Crippen LogP contribution < -0.4 is 5.32 Å². The summed E-state index contributed by atoms with van der Waals surface area (Å²) >= 11 is 12.6. The van der Waals surface area contributed by atoms with Gasteiger partial charge in [-0.05, 0) is 24.1 Å². The molecule has 3 rings (SSSR count). The molecular formula is C17H15Cl2NO. The molecule has 0 aromatic heterocycles. The summed E-state index contributed by atoms with van der Waals surface area (Å²) in [5.74, 6) is -0.159. The second-order valence-electron chi connectivity index (χ2n) is 5.42. The fourth-order valence-corrected chi connectivity index (χ4v) is 3.44. The Bertz CT molecular complexity index is 684. The maximum absolute atomic E-state index is 12.8. The van der Waals surface area contributed by atoms with Crippen molar-refractivity contribution < 1.29 is 4.79 Å². The van der Waals surface area contributed by atoms with E-state index in [9.17, 15) is 4.79 Å². The van der Waals surface area contributed by atoms with Crippen molar-refractivity contribution in [1.82, 2.24) is 0 Å². The summed E-state index contributed by atoms with van der Waals surface area (Å²) in [6, 6.07) is 17.1. The summed E-state index contributed by atoms with van der Waals surface area (Å²) in [5.41, 5.74) is 1.76. The number of alkyl halides is 2. The predicted octanol–water partition coefficient (Wildman–Crippen LogP) is 4.45. The van der Waals surface area contributed by atoms with Gasteiger partial charge in [-0.2, -0.15) is 0 Å². The highest BCUT2D eigenvalue weighted by Gasteiger charge is 2.72. The molecule has 1 amide bonds. The normalized spacial score (nSPS) is 22.6. The standard InChI is InChI=1S/C17H15Cl2NO/c1-12-7-5-6-10-14(12)20-15(21)16(11-17(16,18)19)13-8-3-2-4-9-13/h2-10H,11H2,1H3,(H,20,21)/t16-/m0/s1. The van der Waals surface area contributed by atoms with Crippen LogP contribution in [0.2, 0.25) is 0 Å². The lowest BCUT2D eigenvalue weighted by Gasteiger charge is -2.19. The number of anilines is 1. The largest absolute Gasteiger partial charge is 0.325 e. The SMILES string of the molecule is Cc1ccccc1NC(=O)[C@@]1(c2ccccc2)CC1(Cl)Cl. The molecule has 4 heteroatoms. The first-order valence-electron chi connectivity index (χ1n) is 6.78. The van der Waals surface area contributed by atoms with Crippen LogP contribution in [0.5, 0.6) is 0 Å². The van der Waals surface area contributed by atoms with Crippen LogP contribution in [0, 0.1) is 6.92 Å². The van der Waals surface area contributed by atoms with Gasteiger partial charge in [0.2, 0.25) is 5.91 Å². The molecule has 2 nitrogen and oxygen atoms in total. The van der Waals surface area contributed by atoms with Crippen LogP contribution >= 0.6 is 23.2 Å². The van der Waals surface area contributed by atoms with Gasteiger partial charge >= 0.3 is 0 Å². The van der Waals surface area contributed by atoms with E-state index in [-0.39, 0.29) is 5.91 Å². The molecule has 0 saturated heterocycles. The molecule has 0 spiro atoms. The van der Waals surface area contributed by atoms with E-state index in [1.165, 1.54) is 0 Å². The highest BCUT2D eigenvalue weighted by molar-refractivity contribution is 6.54. The van der Waals surface area contributed by atoms with Crippen molar-refractivity contribution in [2.45, 2.75) is 23.1 Å². The Labute approximate surface area is 134 Å². The van der Waals surface area contributed by atoms with E-state index in [2.05, 4.69) is 5.32 Å². The van der Waals surface area contributed by atoms with Gasteiger partial charge in [0.15, 0.2) is 0 Å². The van der Waals surface area contributed by atoms with Gasteiger partial charge in [0.05, 0.1) is 0 Å². The maximum Gasteiger partial charge on any atom is 0.238 e. The van der Waals surface area contributed by atoms with Crippen molar-refractivity contribution in [2.24, 2.45) is 0 Å². The quantitative estimate of drug-likeness (QED) is 0.832. The van der Waals surface area contributed by atoms with E-state index >= 15 is 0 Å². The van der Waals surface area contributed by atoms with E-state index in [0.717, 1.165) is 16.8 Å². The number of nitrogens with one attached hydrogen (secondary N) is 1. The van der Waals surface area contributed by atoms with Crippen molar-refractivity contribution in [2.75, 3.05) is 5.32 Å². The number of rotatable bonds is 3. The molecule has 0 bridgehead atoms. The van der Waals surface area contributed by atoms with Gasteiger partial charge in [-0.1, -0.05) is 48.5 Å². The number of amides is 1. The van der Waals surface area contributed by atoms with Crippen molar-refractivity contribution >= 4 is 34.8 Å². The highest BCUT2D eigenvalue weighted by atomic mass is 35.5. The fourth-order valence-electron chi connectivity index (χ4n) is 2.64. The third kappa shape index (κ3) is 2.33. The van der Waals surface area contributed by atoms with E-state index in [0.29, 0.717) is 6.42 Å². The van der Waals surface area contributed by atoms with Crippen molar-refractivity contribution in [3.63, 3.8) is 0 Å². The average molecular weight is 320 g/mol. The molecule has 0 heterocycles. The molecule has 2 aromatic carbocycles. The molecule has 108 valence electrons. The topological polar surface area (TPSA) is 29.1 Å². The lowest BCUT2D eigenvalue weighted by molar-refractivity contribution is -0.118. The number of hydrogen-bond acceptors (Lipinski definition) is 1. The molecule has 0 aliphatic heterocycles. The molecule has 21 heavy (non-hydrogen) atoms. The molecule has 0 unspecified atom stereocenters. The second-order valence-corrected chi connectivity index (χ2v) is 6.91. The number of carbonyl (C=O) groups is 1. The third-order valence-corrected chi connectivity index (χ3v) is 4.95. The molecule has 1 atom stereocenters. The summed E-state index contributed by atoms with van der Waals surface area (Å²) in [6.07, 6.45) is 0.421. The van der Waals surface area contributed by atoms with Gasteiger partial charge in [-0.25, -0.2) is 0 Å². The van der Waals surface area contributed by atoms with Crippen LogP contribution in [-0.2, 0) is 10.2 Å². The van der Waals surface area contributed by atoms with E-state index in [1.807, 2.05) is 61.5 Å². The summed E-state index contributed by atoms with van der Waals surface area (Å²) < 4.78 is -1.05. The van der Waals surface area contributed by atoms with Gasteiger partial charge in [0.25, 0.3) is 0 Å². The number of aryl methyl sites for hydroxylation is 1. The maximum atomic E-state index is 12.8. The molecular weight excluding hydrogens is 305 g/mol. The van der Waals surface area contributed by atoms with Crippen molar-refractivity contribution in [3.05, 3.63) is 65.7 Å². The Hall–Kier alpha value is -1.51. The molecule has 1 aliphatic rings. The monoisotopic (exact) mass is 319 g/mol. The highest BCUT2D eigenvalue weighted by Crippen LogP contribution is 2.65. The van der Waals surface area contributed by atoms with Crippen LogP contribution in [0.15, 0.2) is 54.6 Å². The number of carbonyl (C=O) groups excluding carboxylic acids is 1. The van der Waals surface area contributed by atoms with E-state index in [1.54, 1.807) is 0 Å². The average Bonchev–Trinajstić information content (AvgIpc) is 3.07. The number of para-hydroxylation sites is 1. The lowest BCUT2D eigenvalue weighted by atomic mass is 9.94. The van der Waals surface area contributed by atoms with Crippen LogP contribution in [0.4, 0.5) is 5.69 Å². The first-order chi connectivity index (χ1) is 9.97. The summed E-state index contributed by atoms with van der Waals surface area (Å²) in [4.78, 5) is 12.8. The fraction of sp³-hybridized carbons (Fsp3) is 0.235. The van der Waals surface area contributed by atoms with Crippen LogP contribution in [0.1, 0.15) is 17.5 Å². The first-order valence-corrected chi connectivity index (χ1v) is 7.53. The Morgan fingerprint density at radius 2 is 1.62 bits per heavy atom. The lowest BCUT2D eigenvalue weighted by Crippen LogP contribution is -2.32. The molecule has 1 fully saturated rings. The summed E-state index contributed by atoms with van der Waals surface area (Å²) in [7, 11) is 0. The zero-order chi connectivity index (χ0) is 15.1. The van der Waals surface area contributed by atoms with Gasteiger partial charge in [-0.15, -0.1) is 23.2 Å². The minimum absolute atomic E-state index is 0.159. The number of halogens is 2. The second kappa shape index (κ2) is 5.04. The zero-order valence-corrected chi connectivity index (χ0v) is 13.1. The van der Waals surface area contributed by atoms with Gasteiger partial charge in [-0.3, -0.25) is 4.79 Å². The molecule has 1 aliphatic carbocycles. The Morgan fingerprint density at radius 1 is 1.05 bits per heavy atom. The Balaban J connectivity index is 1.94. The molecule has 0 radical (unpaired) electrons. The zero-order valence-electron chi connectivity index (χ0n) is 11.6. The first kappa shape index (κ1) is 14.4. The minimum Gasteiger partial charge on any atom is -0.325 e. The van der Waals surface area contributed by atoms with Crippen LogP contribution in [0.25, 0.3) is 0 Å². The van der Waals surface area contributed by atoms with Gasteiger partial charge < -0.3 is 5.32 Å². The van der Waals surface area contributed by atoms with Crippen LogP contribution in [0.3, 0.4) is 0 Å². The minimum atomic E-state index is -1.05. The molecule has 2 aromatic rings. The Morgan fingerprint density at radius 3 is 2.19 bits per heavy atom. The van der Waals surface area contributed by atoms with Crippen LogP contribution in [-0.4, -0.2) is 10.2 Å². The summed E-state index contributed by atoms with van der Waals surface area (Å²) in [6.45, 7) is 1.95. The number of benzene rings is 2. The Kier molecular flexibility index (Phi) is 3.46. The van der Waals surface area contributed by atoms with Gasteiger partial charge in [0, 0.05) is 12.1 Å². The molecule has 1 N–H and O–H groups in total. The third-order valence-electron chi connectivity index (χ3n) is 4.03. The smallest absolute Gasteiger partial charge is 0.238 e. The summed E-state index contributed by atoms with van der Waals surface area (Å²) in [5, 5.41) is 2.96.